The normalized spacial score (nSPS) is 12.9. The Kier molecular flexibility index (Phi) is 9.05. The number of anilines is 3. The summed E-state index contributed by atoms with van der Waals surface area (Å²) < 4.78 is 2.30. The van der Waals surface area contributed by atoms with Crippen molar-refractivity contribution in [3.8, 4) is 62.4 Å². The van der Waals surface area contributed by atoms with Gasteiger partial charge in [0.15, 0.2) is 17.5 Å². The van der Waals surface area contributed by atoms with Crippen LogP contribution in [0.2, 0.25) is 0 Å². The monoisotopic (exact) mass is 834 g/mol. The maximum atomic E-state index is 5.45. The van der Waals surface area contributed by atoms with Crippen molar-refractivity contribution in [2.24, 2.45) is 0 Å². The number of rotatable bonds is 7. The van der Waals surface area contributed by atoms with Crippen LogP contribution in [0.1, 0.15) is 25.0 Å². The van der Waals surface area contributed by atoms with Gasteiger partial charge >= 0.3 is 0 Å². The van der Waals surface area contributed by atoms with Gasteiger partial charge in [-0.05, 0) is 76.9 Å². The zero-order valence-corrected chi connectivity index (χ0v) is 36.0. The lowest BCUT2D eigenvalue weighted by molar-refractivity contribution is 0.632. The fraction of sp³-hybridized carbons (Fsp3) is 0.0508. The van der Waals surface area contributed by atoms with E-state index in [1.807, 2.05) is 36.4 Å². The van der Waals surface area contributed by atoms with Crippen LogP contribution in [0.15, 0.2) is 218 Å². The topological polar surface area (TPSA) is 59.7 Å². The third-order valence-corrected chi connectivity index (χ3v) is 12.8. The van der Waals surface area contributed by atoms with Gasteiger partial charge in [0.1, 0.15) is 5.82 Å². The molecule has 0 fully saturated rings. The van der Waals surface area contributed by atoms with E-state index in [1.54, 1.807) is 0 Å². The fourth-order valence-corrected chi connectivity index (χ4v) is 9.64. The highest BCUT2D eigenvalue weighted by atomic mass is 15.2. The predicted octanol–water partition coefficient (Wildman–Crippen LogP) is 14.8. The molecule has 8 aromatic carbocycles. The Balaban J connectivity index is 1.16. The molecule has 0 atom stereocenters. The first-order valence-electron chi connectivity index (χ1n) is 22.1. The number of hydrogen-bond acceptors (Lipinski definition) is 5. The molecule has 0 N–H and O–H groups in total. The number of fused-ring (bicyclic) bond motifs is 5. The highest BCUT2D eigenvalue weighted by Gasteiger charge is 2.37. The molecule has 0 unspecified atom stereocenters. The molecule has 6 nitrogen and oxygen atoms in total. The van der Waals surface area contributed by atoms with E-state index in [2.05, 4.69) is 205 Å². The summed E-state index contributed by atoms with van der Waals surface area (Å²) in [5, 5.41) is 2.37. The highest BCUT2D eigenvalue weighted by molar-refractivity contribution is 6.09. The maximum absolute atomic E-state index is 5.45. The fourth-order valence-electron chi connectivity index (χ4n) is 9.64. The van der Waals surface area contributed by atoms with E-state index in [0.717, 1.165) is 73.0 Å². The van der Waals surface area contributed by atoms with E-state index < -0.39 is 0 Å². The first kappa shape index (κ1) is 38.2. The molecule has 0 saturated heterocycles. The summed E-state index contributed by atoms with van der Waals surface area (Å²) in [5.74, 6) is 2.64. The van der Waals surface area contributed by atoms with Gasteiger partial charge in [0.25, 0.3) is 0 Å². The second-order valence-corrected chi connectivity index (χ2v) is 17.1. The minimum Gasteiger partial charge on any atom is -0.310 e. The van der Waals surface area contributed by atoms with Crippen molar-refractivity contribution in [2.75, 3.05) is 4.90 Å². The summed E-state index contributed by atoms with van der Waals surface area (Å²) in [6.07, 6.45) is 0. The molecule has 0 radical (unpaired) electrons. The Morgan fingerprint density at radius 2 is 0.785 bits per heavy atom. The number of hydrogen-bond donors (Lipinski definition) is 0. The predicted molar refractivity (Wildman–Crippen MR) is 266 cm³/mol. The van der Waals surface area contributed by atoms with Gasteiger partial charge in [-0.2, -0.15) is 0 Å². The lowest BCUT2D eigenvalue weighted by Gasteiger charge is -2.42. The molecule has 308 valence electrons. The minimum absolute atomic E-state index is 0.222. The first-order chi connectivity index (χ1) is 32.0. The van der Waals surface area contributed by atoms with E-state index in [-0.39, 0.29) is 5.41 Å². The van der Waals surface area contributed by atoms with Gasteiger partial charge in [0.05, 0.1) is 28.1 Å². The average Bonchev–Trinajstić information content (AvgIpc) is 3.71. The number of para-hydroxylation sites is 4. The third-order valence-electron chi connectivity index (χ3n) is 12.8. The van der Waals surface area contributed by atoms with E-state index in [9.17, 15) is 0 Å². The van der Waals surface area contributed by atoms with Crippen LogP contribution in [0.4, 0.5) is 17.1 Å². The second-order valence-electron chi connectivity index (χ2n) is 17.1. The summed E-state index contributed by atoms with van der Waals surface area (Å²) in [4.78, 5) is 23.5. The summed E-state index contributed by atoms with van der Waals surface area (Å²) in [7, 11) is 0. The molecule has 0 amide bonds. The smallest absolute Gasteiger partial charge is 0.164 e. The summed E-state index contributed by atoms with van der Waals surface area (Å²) >= 11 is 0. The lowest BCUT2D eigenvalue weighted by Crippen LogP contribution is -2.30. The van der Waals surface area contributed by atoms with Crippen molar-refractivity contribution in [1.82, 2.24) is 24.5 Å². The molecule has 0 saturated carbocycles. The van der Waals surface area contributed by atoms with Gasteiger partial charge in [0, 0.05) is 44.1 Å². The maximum Gasteiger partial charge on any atom is 0.164 e. The number of aromatic nitrogens is 5. The summed E-state index contributed by atoms with van der Waals surface area (Å²) in [6, 6.07) is 76.8. The molecule has 11 aromatic rings. The van der Waals surface area contributed by atoms with Crippen LogP contribution in [0.3, 0.4) is 0 Å². The van der Waals surface area contributed by atoms with E-state index in [4.69, 9.17) is 19.9 Å². The van der Waals surface area contributed by atoms with Gasteiger partial charge in [-0.25, -0.2) is 19.9 Å². The zero-order valence-electron chi connectivity index (χ0n) is 36.0. The molecule has 6 heteroatoms. The quantitative estimate of drug-likeness (QED) is 0.160. The van der Waals surface area contributed by atoms with Crippen molar-refractivity contribution >= 4 is 38.9 Å². The highest BCUT2D eigenvalue weighted by Crippen LogP contribution is 2.52. The molecule has 1 aliphatic rings. The molecule has 65 heavy (non-hydrogen) atoms. The van der Waals surface area contributed by atoms with Crippen LogP contribution in [-0.4, -0.2) is 24.5 Å². The van der Waals surface area contributed by atoms with Crippen molar-refractivity contribution < 1.29 is 0 Å². The van der Waals surface area contributed by atoms with Gasteiger partial charge in [-0.3, -0.25) is 4.57 Å². The standard InChI is InChI=1S/C59H42N6/c1-59(2)48-28-14-18-32-53(48)64(54-33-19-15-29-49(54)59)45-35-42(34-44(36-45)58-62-56(40-22-8-4-9-23-40)61-57(63-58)41-24-10-5-11-25-41)43-37-50(39-20-6-3-7-21-39)60-55(38-43)65-51-30-16-12-26-46(51)47-27-13-17-31-52(47)65/h3-38H,1-2H3. The molecule has 3 aromatic heterocycles. The molecular formula is C59H42N6. The Morgan fingerprint density at radius 1 is 0.354 bits per heavy atom. The third kappa shape index (κ3) is 6.58. The number of nitrogens with zero attached hydrogens (tertiary/aromatic N) is 6. The Bertz CT molecular complexity index is 3420. The van der Waals surface area contributed by atoms with Crippen LogP contribution in [-0.2, 0) is 5.41 Å². The Morgan fingerprint density at radius 3 is 1.34 bits per heavy atom. The molecule has 4 heterocycles. The Hall–Kier alpha value is -8.48. The van der Waals surface area contributed by atoms with Crippen molar-refractivity contribution in [3.05, 3.63) is 230 Å². The van der Waals surface area contributed by atoms with Gasteiger partial charge < -0.3 is 4.90 Å². The van der Waals surface area contributed by atoms with Crippen LogP contribution in [0.5, 0.6) is 0 Å². The van der Waals surface area contributed by atoms with Crippen LogP contribution in [0, 0.1) is 0 Å². The van der Waals surface area contributed by atoms with E-state index in [1.165, 1.54) is 21.9 Å². The minimum atomic E-state index is -0.222. The van der Waals surface area contributed by atoms with Crippen LogP contribution in [0.25, 0.3) is 84.2 Å². The number of pyridine rings is 1. The van der Waals surface area contributed by atoms with E-state index in [0.29, 0.717) is 17.5 Å². The van der Waals surface area contributed by atoms with Crippen molar-refractivity contribution in [2.45, 2.75) is 19.3 Å². The average molecular weight is 835 g/mol. The molecule has 0 spiro atoms. The van der Waals surface area contributed by atoms with Crippen molar-refractivity contribution in [1.29, 1.82) is 0 Å². The van der Waals surface area contributed by atoms with Crippen LogP contribution < -0.4 is 4.90 Å². The molecule has 1 aliphatic heterocycles. The number of benzene rings is 8. The largest absolute Gasteiger partial charge is 0.310 e. The molecule has 12 rings (SSSR count). The SMILES string of the molecule is CC1(C)c2ccccc2N(c2cc(-c3cc(-c4ccccc4)nc(-n4c5ccccc5c5ccccc54)c3)cc(-c3nc(-c4ccccc4)nc(-c4ccccc4)n3)c2)c2ccccc21. The zero-order chi connectivity index (χ0) is 43.5. The lowest BCUT2D eigenvalue weighted by atomic mass is 9.73. The van der Waals surface area contributed by atoms with E-state index >= 15 is 0 Å². The van der Waals surface area contributed by atoms with Gasteiger partial charge in [-0.15, -0.1) is 0 Å². The van der Waals surface area contributed by atoms with Gasteiger partial charge in [0.2, 0.25) is 0 Å². The molecule has 0 aliphatic carbocycles. The summed E-state index contributed by atoms with van der Waals surface area (Å²) in [6.45, 7) is 4.65. The van der Waals surface area contributed by atoms with Gasteiger partial charge in [-0.1, -0.05) is 178 Å². The first-order valence-corrected chi connectivity index (χ1v) is 22.1. The van der Waals surface area contributed by atoms with Crippen LogP contribution >= 0.6 is 0 Å². The Labute approximate surface area is 377 Å². The molecule has 0 bridgehead atoms. The second kappa shape index (κ2) is 15.4. The van der Waals surface area contributed by atoms with Crippen molar-refractivity contribution in [3.63, 3.8) is 0 Å². The molecular weight excluding hydrogens is 793 g/mol. The summed E-state index contributed by atoms with van der Waals surface area (Å²) in [5.41, 5.74) is 14.4.